The highest BCUT2D eigenvalue weighted by molar-refractivity contribution is 5.77. The largest absolute Gasteiger partial charge is 0.438 e. The molecule has 3 rings (SSSR count). The lowest BCUT2D eigenvalue weighted by Crippen LogP contribution is -2.44. The third-order valence-corrected chi connectivity index (χ3v) is 5.46. The molecule has 1 aromatic rings. The third kappa shape index (κ3) is 2.58. The number of amides is 1. The first-order valence-electron chi connectivity index (χ1n) is 8.49. The van der Waals surface area contributed by atoms with Crippen molar-refractivity contribution in [1.82, 2.24) is 0 Å². The Morgan fingerprint density at radius 1 is 1.21 bits per heavy atom. The zero-order chi connectivity index (χ0) is 17.5. The Bertz CT molecular complexity index is 766. The van der Waals surface area contributed by atoms with E-state index in [2.05, 4.69) is 63.3 Å². The van der Waals surface area contributed by atoms with Gasteiger partial charge < -0.3 is 10.5 Å². The van der Waals surface area contributed by atoms with Gasteiger partial charge in [0, 0.05) is 5.41 Å². The molecule has 0 fully saturated rings. The normalized spacial score (nSPS) is 24.6. The van der Waals surface area contributed by atoms with E-state index in [0.717, 1.165) is 24.0 Å². The number of primary amides is 1. The lowest BCUT2D eigenvalue weighted by atomic mass is 9.75. The van der Waals surface area contributed by atoms with Gasteiger partial charge in [-0.2, -0.15) is 0 Å². The number of nitrogens with two attached hydrogens (primary N) is 1. The summed E-state index contributed by atoms with van der Waals surface area (Å²) in [5, 5.41) is 0. The summed E-state index contributed by atoms with van der Waals surface area (Å²) in [4.78, 5) is 11.4. The molecular formula is C21H25NO2. The van der Waals surface area contributed by atoms with Gasteiger partial charge in [0.25, 0.3) is 0 Å². The summed E-state index contributed by atoms with van der Waals surface area (Å²) >= 11 is 0. The van der Waals surface area contributed by atoms with Gasteiger partial charge in [0.2, 0.25) is 0 Å². The molecule has 0 saturated carbocycles. The SMILES string of the molecule is CCc1ccc(C2=CC3=CC(C)(C)[C@@](C)(OC(N)=O)C3=CC2)cc1. The molecule has 0 spiro atoms. The maximum Gasteiger partial charge on any atom is 0.405 e. The highest BCUT2D eigenvalue weighted by Crippen LogP contribution is 2.52. The Morgan fingerprint density at radius 2 is 1.88 bits per heavy atom. The molecule has 2 aliphatic rings. The van der Waals surface area contributed by atoms with Crippen molar-refractivity contribution in [3.8, 4) is 0 Å². The molecule has 3 nitrogen and oxygen atoms in total. The molecular weight excluding hydrogens is 298 g/mol. The van der Waals surface area contributed by atoms with Crippen LogP contribution in [0.2, 0.25) is 0 Å². The maximum absolute atomic E-state index is 11.4. The van der Waals surface area contributed by atoms with Gasteiger partial charge in [-0.15, -0.1) is 0 Å². The molecule has 2 N–H and O–H groups in total. The summed E-state index contributed by atoms with van der Waals surface area (Å²) < 4.78 is 5.54. The number of fused-ring (bicyclic) bond motifs is 1. The van der Waals surface area contributed by atoms with Crippen LogP contribution in [0.15, 0.2) is 53.6 Å². The molecule has 0 radical (unpaired) electrons. The predicted molar refractivity (Wildman–Crippen MR) is 97.4 cm³/mol. The molecule has 3 heteroatoms. The summed E-state index contributed by atoms with van der Waals surface area (Å²) in [5.41, 5.74) is 10.3. The topological polar surface area (TPSA) is 52.3 Å². The highest BCUT2D eigenvalue weighted by atomic mass is 16.6. The van der Waals surface area contributed by atoms with Crippen molar-refractivity contribution in [3.63, 3.8) is 0 Å². The average Bonchev–Trinajstić information content (AvgIpc) is 2.72. The molecule has 0 aliphatic heterocycles. The van der Waals surface area contributed by atoms with Gasteiger partial charge in [-0.3, -0.25) is 0 Å². The average molecular weight is 323 g/mol. The second kappa shape index (κ2) is 5.66. The Labute approximate surface area is 143 Å². The van der Waals surface area contributed by atoms with Crippen LogP contribution in [0, 0.1) is 5.41 Å². The summed E-state index contributed by atoms with van der Waals surface area (Å²) in [7, 11) is 0. The van der Waals surface area contributed by atoms with E-state index in [4.69, 9.17) is 10.5 Å². The van der Waals surface area contributed by atoms with E-state index in [-0.39, 0.29) is 5.41 Å². The van der Waals surface area contributed by atoms with Crippen LogP contribution in [0.4, 0.5) is 4.79 Å². The van der Waals surface area contributed by atoms with Gasteiger partial charge in [-0.1, -0.05) is 63.3 Å². The molecule has 0 saturated heterocycles. The van der Waals surface area contributed by atoms with Crippen LogP contribution in [-0.2, 0) is 11.2 Å². The smallest absolute Gasteiger partial charge is 0.405 e. The van der Waals surface area contributed by atoms with Gasteiger partial charge in [-0.25, -0.2) is 4.79 Å². The van der Waals surface area contributed by atoms with E-state index < -0.39 is 11.7 Å². The molecule has 24 heavy (non-hydrogen) atoms. The lowest BCUT2D eigenvalue weighted by Gasteiger charge is -2.38. The fraction of sp³-hybridized carbons (Fsp3) is 0.381. The molecule has 1 atom stereocenters. The van der Waals surface area contributed by atoms with Crippen molar-refractivity contribution in [3.05, 3.63) is 64.8 Å². The third-order valence-electron chi connectivity index (χ3n) is 5.46. The maximum atomic E-state index is 11.4. The minimum absolute atomic E-state index is 0.304. The molecule has 0 bridgehead atoms. The van der Waals surface area contributed by atoms with Crippen LogP contribution in [0.1, 0.15) is 45.2 Å². The molecule has 126 valence electrons. The monoisotopic (exact) mass is 323 g/mol. The number of aryl methyl sites for hydroxylation is 1. The zero-order valence-electron chi connectivity index (χ0n) is 14.8. The molecule has 1 aromatic carbocycles. The van der Waals surface area contributed by atoms with Crippen molar-refractivity contribution in [1.29, 1.82) is 0 Å². The van der Waals surface area contributed by atoms with Crippen LogP contribution in [0.25, 0.3) is 5.57 Å². The first-order valence-corrected chi connectivity index (χ1v) is 8.49. The van der Waals surface area contributed by atoms with Crippen molar-refractivity contribution < 1.29 is 9.53 Å². The Hall–Kier alpha value is -2.29. The summed E-state index contributed by atoms with van der Waals surface area (Å²) in [6.45, 7) is 8.26. The van der Waals surface area contributed by atoms with Gasteiger partial charge in [0.1, 0.15) is 5.60 Å². The van der Waals surface area contributed by atoms with Gasteiger partial charge >= 0.3 is 6.09 Å². The van der Waals surface area contributed by atoms with Gasteiger partial charge in [0.05, 0.1) is 0 Å². The second-order valence-corrected chi connectivity index (χ2v) is 7.32. The van der Waals surface area contributed by atoms with Gasteiger partial charge in [-0.05, 0) is 47.6 Å². The van der Waals surface area contributed by atoms with Crippen molar-refractivity contribution in [2.24, 2.45) is 11.1 Å². The quantitative estimate of drug-likeness (QED) is 0.870. The number of benzene rings is 1. The van der Waals surface area contributed by atoms with Gasteiger partial charge in [0.15, 0.2) is 0 Å². The number of carbonyl (C=O) groups excluding carboxylic acids is 1. The molecule has 0 unspecified atom stereocenters. The van der Waals surface area contributed by atoms with E-state index in [1.54, 1.807) is 0 Å². The van der Waals surface area contributed by atoms with Crippen LogP contribution < -0.4 is 5.73 Å². The van der Waals surface area contributed by atoms with Crippen molar-refractivity contribution >= 4 is 11.7 Å². The van der Waals surface area contributed by atoms with E-state index in [1.165, 1.54) is 16.7 Å². The van der Waals surface area contributed by atoms with Crippen LogP contribution in [-0.4, -0.2) is 11.7 Å². The fourth-order valence-corrected chi connectivity index (χ4v) is 3.66. The second-order valence-electron chi connectivity index (χ2n) is 7.32. The minimum Gasteiger partial charge on any atom is -0.438 e. The first kappa shape index (κ1) is 16.6. The summed E-state index contributed by atoms with van der Waals surface area (Å²) in [6.07, 6.45) is 7.71. The number of hydrogen-bond acceptors (Lipinski definition) is 2. The van der Waals surface area contributed by atoms with Crippen LogP contribution in [0.3, 0.4) is 0 Å². The van der Waals surface area contributed by atoms with Crippen LogP contribution >= 0.6 is 0 Å². The lowest BCUT2D eigenvalue weighted by molar-refractivity contribution is 0.00172. The first-order chi connectivity index (χ1) is 11.3. The summed E-state index contributed by atoms with van der Waals surface area (Å²) in [5.74, 6) is 0. The summed E-state index contributed by atoms with van der Waals surface area (Å²) in [6, 6.07) is 8.73. The predicted octanol–water partition coefficient (Wildman–Crippen LogP) is 4.78. The van der Waals surface area contributed by atoms with E-state index in [9.17, 15) is 4.79 Å². The highest BCUT2D eigenvalue weighted by Gasteiger charge is 2.51. The standard InChI is InChI=1S/C21H25NO2/c1-5-14-6-8-15(9-7-14)16-10-11-18-17(12-16)13-20(2,3)21(18,4)24-19(22)23/h6-9,11-13H,5,10H2,1-4H3,(H2,22,23)/t21-/m0/s1. The Morgan fingerprint density at radius 3 is 2.46 bits per heavy atom. The molecule has 1 amide bonds. The number of hydrogen-bond donors (Lipinski definition) is 1. The number of carbonyl (C=O) groups is 1. The molecule has 0 heterocycles. The molecule has 0 aromatic heterocycles. The molecule has 2 aliphatic carbocycles. The number of rotatable bonds is 3. The van der Waals surface area contributed by atoms with E-state index in [0.29, 0.717) is 0 Å². The van der Waals surface area contributed by atoms with E-state index in [1.807, 2.05) is 6.92 Å². The number of allylic oxidation sites excluding steroid dienone is 3. The Kier molecular flexibility index (Phi) is 3.90. The zero-order valence-corrected chi connectivity index (χ0v) is 14.8. The number of ether oxygens (including phenoxy) is 1. The minimum atomic E-state index is -0.731. The van der Waals surface area contributed by atoms with Crippen molar-refractivity contribution in [2.45, 2.75) is 46.1 Å². The fourth-order valence-electron chi connectivity index (χ4n) is 3.66. The van der Waals surface area contributed by atoms with Crippen molar-refractivity contribution in [2.75, 3.05) is 0 Å². The van der Waals surface area contributed by atoms with Crippen LogP contribution in [0.5, 0.6) is 0 Å². The Balaban J connectivity index is 1.95. The van der Waals surface area contributed by atoms with E-state index >= 15 is 0 Å².